The maximum absolute atomic E-state index is 15.2. The smallest absolute Gasteiger partial charge is 0.309 e. The Morgan fingerprint density at radius 3 is 2.68 bits per heavy atom. The van der Waals surface area contributed by atoms with Gasteiger partial charge < -0.3 is 14.7 Å². The summed E-state index contributed by atoms with van der Waals surface area (Å²) < 4.78 is 36.4. The number of carbonyl (C=O) groups excluding carboxylic acids is 2. The number of hydrogen-bond donors (Lipinski definition) is 1. The number of thioether (sulfide) groups is 1. The molecule has 3 aromatic rings. The highest BCUT2D eigenvalue weighted by Crippen LogP contribution is 2.47. The van der Waals surface area contributed by atoms with Gasteiger partial charge in [0.25, 0.3) is 5.91 Å². The third-order valence-corrected chi connectivity index (χ3v) is 9.13. The van der Waals surface area contributed by atoms with Gasteiger partial charge in [0.15, 0.2) is 23.1 Å². The van der Waals surface area contributed by atoms with Crippen LogP contribution in [0.15, 0.2) is 58.4 Å². The second kappa shape index (κ2) is 8.32. The fourth-order valence-electron chi connectivity index (χ4n) is 6.21. The van der Waals surface area contributed by atoms with Crippen LogP contribution in [-0.4, -0.2) is 45.9 Å². The molecule has 1 N–H and O–H groups in total. The Morgan fingerprint density at radius 1 is 1.03 bits per heavy atom. The van der Waals surface area contributed by atoms with Crippen LogP contribution in [0.1, 0.15) is 39.6 Å². The highest BCUT2D eigenvalue weighted by atomic mass is 32.2. The summed E-state index contributed by atoms with van der Waals surface area (Å²) in [7, 11) is 0. The number of rotatable bonds is 1. The molecule has 194 valence electrons. The van der Waals surface area contributed by atoms with E-state index >= 15 is 4.39 Å². The van der Waals surface area contributed by atoms with E-state index in [1.807, 2.05) is 24.3 Å². The molecule has 8 nitrogen and oxygen atoms in total. The minimum absolute atomic E-state index is 0.184. The van der Waals surface area contributed by atoms with E-state index in [1.165, 1.54) is 22.6 Å². The number of cyclic esters (lactones) is 1. The topological polar surface area (TPSA) is 92.1 Å². The van der Waals surface area contributed by atoms with Crippen molar-refractivity contribution >= 4 is 23.6 Å². The molecule has 2 saturated heterocycles. The Labute approximate surface area is 219 Å². The van der Waals surface area contributed by atoms with Crippen LogP contribution >= 0.6 is 11.8 Å². The second-order valence-corrected chi connectivity index (χ2v) is 10.9. The highest BCUT2D eigenvalue weighted by molar-refractivity contribution is 7.98. The number of halogens is 2. The summed E-state index contributed by atoms with van der Waals surface area (Å²) >= 11 is 1.38. The lowest BCUT2D eigenvalue weighted by Gasteiger charge is -2.53. The number of carbonyl (C=O) groups is 2. The molecule has 5 heterocycles. The number of ether oxygens (including phenoxy) is 1. The third kappa shape index (κ3) is 3.17. The van der Waals surface area contributed by atoms with Gasteiger partial charge >= 0.3 is 5.97 Å². The number of hydrogen-bond acceptors (Lipinski definition) is 7. The van der Waals surface area contributed by atoms with Crippen LogP contribution in [0.3, 0.4) is 0 Å². The highest BCUT2D eigenvalue weighted by Gasteiger charge is 2.53. The quantitative estimate of drug-likeness (QED) is 0.477. The van der Waals surface area contributed by atoms with Crippen molar-refractivity contribution in [2.45, 2.75) is 29.3 Å². The molecule has 1 amide bonds. The summed E-state index contributed by atoms with van der Waals surface area (Å²) in [5, 5.41) is 12.6. The molecule has 2 fully saturated rings. The minimum atomic E-state index is -0.958. The maximum Gasteiger partial charge on any atom is 0.309 e. The average Bonchev–Trinajstić information content (AvgIpc) is 3.19. The molecule has 4 aliphatic heterocycles. The van der Waals surface area contributed by atoms with E-state index in [0.717, 1.165) is 22.6 Å². The molecule has 0 radical (unpaired) electrons. The standard InChI is InChI=1S/C27H21F2N3O5S/c28-18-6-5-14-17(22(18)29)12-38-20-4-2-1-3-15(20)23(14)32-21-9-16-13(11-37-27(16)36)10-30(21)26(35)24-25(34)19(33)7-8-31(24)32/h1-8,13,16,21,23,34H,9-12H2/t13?,16?,21-,23+/m1/s1. The van der Waals surface area contributed by atoms with E-state index < -0.39 is 46.8 Å². The number of benzene rings is 2. The number of nitrogens with zero attached hydrogens (tertiary/aromatic N) is 3. The molecule has 4 atom stereocenters. The molecule has 7 rings (SSSR count). The van der Waals surface area contributed by atoms with E-state index in [4.69, 9.17) is 4.74 Å². The molecule has 2 unspecified atom stereocenters. The fraction of sp³-hybridized carbons (Fsp3) is 0.296. The zero-order chi connectivity index (χ0) is 26.3. The monoisotopic (exact) mass is 537 g/mol. The molecule has 0 bridgehead atoms. The molecule has 0 aliphatic carbocycles. The fourth-order valence-corrected chi connectivity index (χ4v) is 7.32. The zero-order valence-electron chi connectivity index (χ0n) is 19.8. The van der Waals surface area contributed by atoms with Crippen LogP contribution in [0, 0.1) is 23.5 Å². The van der Waals surface area contributed by atoms with Crippen LogP contribution in [0.5, 0.6) is 5.75 Å². The number of fused-ring (bicyclic) bond motifs is 5. The number of aromatic nitrogens is 1. The Kier molecular flexibility index (Phi) is 5.10. The largest absolute Gasteiger partial charge is 0.502 e. The first-order chi connectivity index (χ1) is 18.3. The first-order valence-corrected chi connectivity index (χ1v) is 13.2. The molecule has 38 heavy (non-hydrogen) atoms. The van der Waals surface area contributed by atoms with Gasteiger partial charge in [0.1, 0.15) is 6.17 Å². The molecular weight excluding hydrogens is 516 g/mol. The van der Waals surface area contributed by atoms with Crippen molar-refractivity contribution in [2.24, 2.45) is 11.8 Å². The molecule has 0 spiro atoms. The molecular formula is C27H21F2N3O5S. The number of pyridine rings is 1. The molecule has 1 aromatic heterocycles. The van der Waals surface area contributed by atoms with Gasteiger partial charge in [-0.05, 0) is 23.3 Å². The predicted molar refractivity (Wildman–Crippen MR) is 132 cm³/mol. The summed E-state index contributed by atoms with van der Waals surface area (Å²) in [6.07, 6.45) is 0.962. The average molecular weight is 538 g/mol. The van der Waals surface area contributed by atoms with Gasteiger partial charge in [-0.25, -0.2) is 8.78 Å². The number of aromatic hydroxyl groups is 1. The Balaban J connectivity index is 1.52. The van der Waals surface area contributed by atoms with Gasteiger partial charge in [0.05, 0.1) is 18.6 Å². The first-order valence-electron chi connectivity index (χ1n) is 12.2. The molecule has 4 aliphatic rings. The van der Waals surface area contributed by atoms with Crippen LogP contribution in [0.2, 0.25) is 0 Å². The lowest BCUT2D eigenvalue weighted by molar-refractivity contribution is -0.142. The predicted octanol–water partition coefficient (Wildman–Crippen LogP) is 3.14. The lowest BCUT2D eigenvalue weighted by atomic mass is 9.84. The van der Waals surface area contributed by atoms with E-state index in [-0.39, 0.29) is 48.5 Å². The third-order valence-electron chi connectivity index (χ3n) is 8.02. The van der Waals surface area contributed by atoms with Crippen molar-refractivity contribution in [2.75, 3.05) is 18.2 Å². The minimum Gasteiger partial charge on any atom is -0.502 e. The normalized spacial score (nSPS) is 25.5. The van der Waals surface area contributed by atoms with Crippen LogP contribution in [0.25, 0.3) is 0 Å². The first kappa shape index (κ1) is 23.3. The van der Waals surface area contributed by atoms with Crippen LogP contribution < -0.4 is 10.4 Å². The summed E-state index contributed by atoms with van der Waals surface area (Å²) in [5.74, 6) is -3.94. The van der Waals surface area contributed by atoms with Crippen molar-refractivity contribution in [1.82, 2.24) is 9.58 Å². The van der Waals surface area contributed by atoms with Crippen molar-refractivity contribution in [3.63, 3.8) is 0 Å². The van der Waals surface area contributed by atoms with E-state index in [9.17, 15) is 23.9 Å². The summed E-state index contributed by atoms with van der Waals surface area (Å²) in [5.41, 5.74) is 0.562. The summed E-state index contributed by atoms with van der Waals surface area (Å²) in [6, 6.07) is 10.5. The number of piperidine rings is 1. The van der Waals surface area contributed by atoms with Gasteiger partial charge in [0, 0.05) is 47.4 Å². The van der Waals surface area contributed by atoms with Crippen LogP contribution in [-0.2, 0) is 15.3 Å². The molecule has 0 saturated carbocycles. The number of amides is 1. The van der Waals surface area contributed by atoms with Crippen molar-refractivity contribution in [3.8, 4) is 5.75 Å². The summed E-state index contributed by atoms with van der Waals surface area (Å²) in [6.45, 7) is 0.372. The van der Waals surface area contributed by atoms with Gasteiger partial charge in [-0.3, -0.25) is 24.1 Å². The lowest BCUT2D eigenvalue weighted by Crippen LogP contribution is -2.66. The van der Waals surface area contributed by atoms with E-state index in [1.54, 1.807) is 16.0 Å². The molecule has 2 aromatic carbocycles. The van der Waals surface area contributed by atoms with Gasteiger partial charge in [-0.1, -0.05) is 24.3 Å². The van der Waals surface area contributed by atoms with Gasteiger partial charge in [-0.2, -0.15) is 0 Å². The maximum atomic E-state index is 15.2. The SMILES string of the molecule is O=C1OCC2CN3C(=O)c4c(O)c(=O)ccn4N([C@@H]4c5ccccc5SCc5c4ccc(F)c5F)[C@@H]3CC12. The Bertz CT molecular complexity index is 1590. The Hall–Kier alpha value is -3.86. The van der Waals surface area contributed by atoms with Gasteiger partial charge in [-0.15, -0.1) is 11.8 Å². The van der Waals surface area contributed by atoms with Gasteiger partial charge in [0.2, 0.25) is 5.43 Å². The second-order valence-electron chi connectivity index (χ2n) is 9.93. The van der Waals surface area contributed by atoms with Crippen molar-refractivity contribution in [1.29, 1.82) is 0 Å². The number of esters is 1. The summed E-state index contributed by atoms with van der Waals surface area (Å²) in [4.78, 5) is 41.1. The Morgan fingerprint density at radius 2 is 1.84 bits per heavy atom. The zero-order valence-corrected chi connectivity index (χ0v) is 20.7. The van der Waals surface area contributed by atoms with E-state index in [0.29, 0.717) is 5.56 Å². The van der Waals surface area contributed by atoms with Crippen molar-refractivity contribution in [3.05, 3.63) is 92.9 Å². The van der Waals surface area contributed by atoms with Crippen LogP contribution in [0.4, 0.5) is 8.78 Å². The van der Waals surface area contributed by atoms with Crippen molar-refractivity contribution < 1.29 is 28.2 Å². The molecule has 11 heteroatoms. The van der Waals surface area contributed by atoms with E-state index in [2.05, 4.69) is 0 Å².